The summed E-state index contributed by atoms with van der Waals surface area (Å²) in [5.41, 5.74) is 2.82. The summed E-state index contributed by atoms with van der Waals surface area (Å²) in [5, 5.41) is 7.51. The smallest absolute Gasteiger partial charge is 0.270 e. The molecule has 1 fully saturated rings. The van der Waals surface area contributed by atoms with Crippen LogP contribution < -0.4 is 16.2 Å². The third-order valence-corrected chi connectivity index (χ3v) is 5.51. The van der Waals surface area contributed by atoms with Crippen LogP contribution in [-0.2, 0) is 13.1 Å². The second-order valence-corrected chi connectivity index (χ2v) is 7.89. The Labute approximate surface area is 180 Å². The van der Waals surface area contributed by atoms with Gasteiger partial charge in [0, 0.05) is 42.8 Å². The van der Waals surface area contributed by atoms with Crippen molar-refractivity contribution in [2.45, 2.75) is 32.4 Å². The fourth-order valence-corrected chi connectivity index (χ4v) is 3.57. The highest BCUT2D eigenvalue weighted by Gasteiger charge is 2.16. The minimum Gasteiger partial charge on any atom is -0.357 e. The topological polar surface area (TPSA) is 103 Å². The first-order chi connectivity index (χ1) is 15.2. The predicted octanol–water partition coefficient (Wildman–Crippen LogP) is 3.20. The summed E-state index contributed by atoms with van der Waals surface area (Å²) in [5.74, 6) is 0.432. The lowest BCUT2D eigenvalue weighted by molar-refractivity contribution is 0.0946. The molecule has 2 aromatic heterocycles. The Balaban J connectivity index is 1.40. The van der Waals surface area contributed by atoms with Crippen molar-refractivity contribution in [1.82, 2.24) is 25.6 Å². The first-order valence-electron chi connectivity index (χ1n) is 10.6. The van der Waals surface area contributed by atoms with Crippen molar-refractivity contribution in [3.8, 4) is 0 Å². The Hall–Kier alpha value is -3.45. The highest BCUT2D eigenvalue weighted by atomic mass is 16.2. The van der Waals surface area contributed by atoms with Crippen LogP contribution in [0.3, 0.4) is 0 Å². The zero-order valence-corrected chi connectivity index (χ0v) is 17.4. The minimum absolute atomic E-state index is 0.0539. The summed E-state index contributed by atoms with van der Waals surface area (Å²) in [6.07, 6.45) is 7.04. The molecule has 0 saturated heterocycles. The molecule has 1 saturated carbocycles. The number of carbonyl (C=O) groups excluding carboxylic acids is 1. The number of hydrogen-bond donors (Lipinski definition) is 4. The van der Waals surface area contributed by atoms with Gasteiger partial charge in [-0.2, -0.15) is 0 Å². The second kappa shape index (κ2) is 10.0. The highest BCUT2D eigenvalue weighted by Crippen LogP contribution is 2.25. The van der Waals surface area contributed by atoms with E-state index in [1.807, 2.05) is 18.2 Å². The van der Waals surface area contributed by atoms with Crippen LogP contribution in [0.2, 0.25) is 0 Å². The molecule has 160 valence electrons. The molecule has 1 aliphatic rings. The molecule has 31 heavy (non-hydrogen) atoms. The summed E-state index contributed by atoms with van der Waals surface area (Å²) in [6.45, 7) is 2.25. The molecule has 0 atom stereocenters. The van der Waals surface area contributed by atoms with Crippen molar-refractivity contribution in [2.75, 3.05) is 6.54 Å². The van der Waals surface area contributed by atoms with Crippen molar-refractivity contribution in [3.63, 3.8) is 0 Å². The summed E-state index contributed by atoms with van der Waals surface area (Å²) < 4.78 is 0. The Morgan fingerprint density at radius 1 is 1.10 bits per heavy atom. The fourth-order valence-electron chi connectivity index (χ4n) is 3.57. The van der Waals surface area contributed by atoms with Crippen LogP contribution in [0.15, 0.2) is 65.7 Å². The van der Waals surface area contributed by atoms with E-state index < -0.39 is 11.5 Å². The first kappa shape index (κ1) is 20.8. The molecule has 0 bridgehead atoms. The van der Waals surface area contributed by atoms with Gasteiger partial charge < -0.3 is 20.6 Å². The van der Waals surface area contributed by atoms with E-state index in [0.717, 1.165) is 41.2 Å². The molecule has 0 aliphatic heterocycles. The van der Waals surface area contributed by atoms with Crippen LogP contribution in [0.1, 0.15) is 41.0 Å². The van der Waals surface area contributed by atoms with E-state index in [0.29, 0.717) is 6.54 Å². The molecule has 7 nitrogen and oxygen atoms in total. The number of H-pyrrole nitrogens is 2. The number of carbonyl (C=O) groups is 1. The quantitative estimate of drug-likeness (QED) is 0.474. The van der Waals surface area contributed by atoms with Gasteiger partial charge in [0.15, 0.2) is 0 Å². The molecular formula is C24H27N5O2. The highest BCUT2D eigenvalue weighted by molar-refractivity contribution is 5.92. The van der Waals surface area contributed by atoms with Crippen molar-refractivity contribution < 1.29 is 4.79 Å². The Morgan fingerprint density at radius 2 is 2.00 bits per heavy atom. The van der Waals surface area contributed by atoms with Gasteiger partial charge in [-0.25, -0.2) is 0 Å². The number of nitrogens with one attached hydrogen (secondary N) is 4. The maximum Gasteiger partial charge on any atom is 0.270 e. The van der Waals surface area contributed by atoms with Gasteiger partial charge >= 0.3 is 0 Å². The summed E-state index contributed by atoms with van der Waals surface area (Å²) >= 11 is 0. The molecule has 1 aliphatic carbocycles. The van der Waals surface area contributed by atoms with Crippen molar-refractivity contribution in [3.05, 3.63) is 88.2 Å². The molecule has 3 aromatic rings. The third kappa shape index (κ3) is 5.79. The number of nitrogens with zero attached hydrogens (tertiary/aromatic N) is 1. The van der Waals surface area contributed by atoms with E-state index in [2.05, 4.69) is 31.7 Å². The number of aromatic amines is 2. The van der Waals surface area contributed by atoms with Crippen LogP contribution in [-0.4, -0.2) is 27.4 Å². The molecule has 7 heteroatoms. The van der Waals surface area contributed by atoms with Crippen LogP contribution in [0.25, 0.3) is 10.9 Å². The molecule has 0 spiro atoms. The zero-order chi connectivity index (χ0) is 21.5. The Morgan fingerprint density at radius 3 is 2.84 bits per heavy atom. The normalized spacial score (nSPS) is 13.4. The second-order valence-electron chi connectivity index (χ2n) is 7.89. The number of amides is 1. The lowest BCUT2D eigenvalue weighted by Gasteiger charge is -2.25. The van der Waals surface area contributed by atoms with Gasteiger partial charge in [0.2, 0.25) is 5.56 Å². The van der Waals surface area contributed by atoms with Crippen molar-refractivity contribution in [1.29, 1.82) is 0 Å². The predicted molar refractivity (Wildman–Crippen MR) is 121 cm³/mol. The zero-order valence-electron chi connectivity index (χ0n) is 17.4. The molecule has 2 heterocycles. The van der Waals surface area contributed by atoms with Gasteiger partial charge in [-0.3, -0.25) is 14.6 Å². The maximum absolute atomic E-state index is 12.5. The van der Waals surface area contributed by atoms with E-state index in [1.165, 1.54) is 37.7 Å². The van der Waals surface area contributed by atoms with Crippen LogP contribution in [0, 0.1) is 5.92 Å². The molecular weight excluding hydrogens is 390 g/mol. The molecule has 4 N–H and O–H groups in total. The van der Waals surface area contributed by atoms with Crippen LogP contribution >= 0.6 is 0 Å². The van der Waals surface area contributed by atoms with E-state index >= 15 is 0 Å². The van der Waals surface area contributed by atoms with E-state index in [9.17, 15) is 9.59 Å². The van der Waals surface area contributed by atoms with E-state index in [-0.39, 0.29) is 5.69 Å². The molecule has 0 radical (unpaired) electrons. The summed E-state index contributed by atoms with van der Waals surface area (Å²) in [6, 6.07) is 14.5. The first-order valence-corrected chi connectivity index (χ1v) is 10.6. The van der Waals surface area contributed by atoms with Gasteiger partial charge in [0.1, 0.15) is 5.69 Å². The average Bonchev–Trinajstić information content (AvgIpc) is 3.14. The number of benzene rings is 1. The van der Waals surface area contributed by atoms with Crippen molar-refractivity contribution in [2.24, 2.45) is 5.92 Å². The number of hydrogen-bond acceptors (Lipinski definition) is 4. The number of aromatic nitrogens is 3. The molecule has 1 aromatic carbocycles. The Kier molecular flexibility index (Phi) is 6.74. The number of fused-ring (bicyclic) bond motifs is 1. The maximum atomic E-state index is 12.5. The monoisotopic (exact) mass is 417 g/mol. The van der Waals surface area contributed by atoms with Crippen LogP contribution in [0.5, 0.6) is 0 Å². The fraction of sp³-hybridized carbons (Fsp3) is 0.292. The van der Waals surface area contributed by atoms with Crippen LogP contribution in [0.4, 0.5) is 0 Å². The van der Waals surface area contributed by atoms with Gasteiger partial charge in [-0.15, -0.1) is 0 Å². The molecule has 1 amide bonds. The minimum atomic E-state index is -0.406. The Bertz CT molecular complexity index is 1160. The average molecular weight is 418 g/mol. The third-order valence-electron chi connectivity index (χ3n) is 5.51. The van der Waals surface area contributed by atoms with Gasteiger partial charge in [-0.1, -0.05) is 24.6 Å². The van der Waals surface area contributed by atoms with E-state index in [1.54, 1.807) is 18.2 Å². The summed E-state index contributed by atoms with van der Waals surface area (Å²) in [7, 11) is 0. The lowest BCUT2D eigenvalue weighted by atomic mass is 9.85. The summed E-state index contributed by atoms with van der Waals surface area (Å²) in [4.78, 5) is 34.4. The van der Waals surface area contributed by atoms with Gasteiger partial charge in [0.05, 0.1) is 0 Å². The molecule has 4 rings (SSSR count). The van der Waals surface area contributed by atoms with E-state index in [4.69, 9.17) is 0 Å². The number of rotatable bonds is 7. The standard InChI is InChI=1S/C24H27N5O2/c30-23-13-22(26-9-2-1-3-10-27-23)24(31)28-15-18-7-8-19-12-20(29-21(19)11-18)16-25-14-17-5-4-6-17/h1-3,7-13,17,25,29H,4-6,14-16H2,(H,27,30)(H,28,31). The van der Waals surface area contributed by atoms with Gasteiger partial charge in [-0.05, 0) is 60.5 Å². The van der Waals surface area contributed by atoms with Gasteiger partial charge in [0.25, 0.3) is 5.91 Å². The lowest BCUT2D eigenvalue weighted by Crippen LogP contribution is -2.26. The largest absolute Gasteiger partial charge is 0.357 e. The van der Waals surface area contributed by atoms with Crippen molar-refractivity contribution >= 4 is 16.8 Å². The molecule has 0 unspecified atom stereocenters. The SMILES string of the molecule is O=C(NCc1ccc2cc(CNCC3CCC3)[nH]c2c1)c1cc(=O)[nH]cccccn1.